The molecule has 19 heavy (non-hydrogen) atoms. The zero-order valence-corrected chi connectivity index (χ0v) is 12.4. The highest BCUT2D eigenvalue weighted by molar-refractivity contribution is 5.48. The highest BCUT2D eigenvalue weighted by atomic mass is 16.5. The molecule has 0 radical (unpaired) electrons. The van der Waals surface area contributed by atoms with Crippen molar-refractivity contribution in [1.29, 1.82) is 0 Å². The highest BCUT2D eigenvalue weighted by Crippen LogP contribution is 2.22. The van der Waals surface area contributed by atoms with Gasteiger partial charge in [0.1, 0.15) is 5.82 Å². The lowest BCUT2D eigenvalue weighted by Crippen LogP contribution is -2.45. The van der Waals surface area contributed by atoms with Crippen molar-refractivity contribution in [3.8, 4) is 0 Å². The van der Waals surface area contributed by atoms with Crippen molar-refractivity contribution in [2.75, 3.05) is 24.7 Å². The number of hydrogen-bond acceptors (Lipinski definition) is 4. The fourth-order valence-corrected chi connectivity index (χ4v) is 2.23. The Hall–Kier alpha value is -1.13. The smallest absolute Gasteiger partial charge is 0.133 e. The van der Waals surface area contributed by atoms with Gasteiger partial charge in [0.25, 0.3) is 0 Å². The van der Waals surface area contributed by atoms with E-state index in [1.165, 1.54) is 5.56 Å². The van der Waals surface area contributed by atoms with Crippen LogP contribution in [0.1, 0.15) is 33.3 Å². The van der Waals surface area contributed by atoms with Crippen LogP contribution in [0.15, 0.2) is 18.3 Å². The lowest BCUT2D eigenvalue weighted by Gasteiger charge is -2.35. The summed E-state index contributed by atoms with van der Waals surface area (Å²) < 4.78 is 5.50. The summed E-state index contributed by atoms with van der Waals surface area (Å²) in [5.41, 5.74) is 1.37. The zero-order chi connectivity index (χ0) is 13.9. The first-order valence-electron chi connectivity index (χ1n) is 7.01. The summed E-state index contributed by atoms with van der Waals surface area (Å²) in [4.78, 5) is 6.93. The molecule has 0 saturated carbocycles. The highest BCUT2D eigenvalue weighted by Gasteiger charge is 2.22. The van der Waals surface area contributed by atoms with E-state index in [-0.39, 0.29) is 5.54 Å². The van der Waals surface area contributed by atoms with Crippen LogP contribution >= 0.6 is 0 Å². The second kappa shape index (κ2) is 5.88. The first-order valence-corrected chi connectivity index (χ1v) is 7.01. The first-order chi connectivity index (χ1) is 8.97. The minimum Gasteiger partial charge on any atom is -0.377 e. The number of rotatable bonds is 3. The molecule has 0 aliphatic carbocycles. The molecule has 0 amide bonds. The van der Waals surface area contributed by atoms with Gasteiger partial charge in [-0.25, -0.2) is 4.98 Å². The van der Waals surface area contributed by atoms with Gasteiger partial charge in [0, 0.05) is 30.4 Å². The first kappa shape index (κ1) is 14.3. The zero-order valence-electron chi connectivity index (χ0n) is 12.4. The Balaban J connectivity index is 2.15. The predicted octanol–water partition coefficient (Wildman–Crippen LogP) is 2.19. The third-order valence-electron chi connectivity index (χ3n) is 3.32. The maximum atomic E-state index is 5.50. The molecule has 0 spiro atoms. The number of anilines is 1. The maximum Gasteiger partial charge on any atom is 0.133 e. The van der Waals surface area contributed by atoms with E-state index >= 15 is 0 Å². The van der Waals surface area contributed by atoms with Gasteiger partial charge in [0.05, 0.1) is 19.3 Å². The Labute approximate surface area is 116 Å². The van der Waals surface area contributed by atoms with E-state index < -0.39 is 0 Å². The number of nitrogens with zero attached hydrogens (tertiary/aromatic N) is 2. The number of ether oxygens (including phenoxy) is 1. The molecule has 1 aromatic rings. The van der Waals surface area contributed by atoms with Gasteiger partial charge in [-0.15, -0.1) is 0 Å². The molecule has 1 unspecified atom stereocenters. The molecule has 1 aliphatic heterocycles. The average molecular weight is 263 g/mol. The van der Waals surface area contributed by atoms with Crippen LogP contribution in [0.2, 0.25) is 0 Å². The lowest BCUT2D eigenvalue weighted by molar-refractivity contribution is 0.0984. The molecule has 1 N–H and O–H groups in total. The summed E-state index contributed by atoms with van der Waals surface area (Å²) in [6.45, 7) is 12.1. The molecule has 1 aromatic heterocycles. The monoisotopic (exact) mass is 263 g/mol. The largest absolute Gasteiger partial charge is 0.377 e. The van der Waals surface area contributed by atoms with E-state index in [0.29, 0.717) is 6.04 Å². The second-order valence-electron chi connectivity index (χ2n) is 6.21. The van der Waals surface area contributed by atoms with Crippen LogP contribution in [-0.4, -0.2) is 36.3 Å². The summed E-state index contributed by atoms with van der Waals surface area (Å²) >= 11 is 0. The van der Waals surface area contributed by atoms with Crippen molar-refractivity contribution in [1.82, 2.24) is 10.3 Å². The van der Waals surface area contributed by atoms with Gasteiger partial charge in [-0.3, -0.25) is 0 Å². The standard InChI is InChI=1S/C15H25N3O/c1-12-11-19-9-8-18(12)14-13(6-5-7-16-14)10-17-15(2,3)4/h5-7,12,17H,8-11H2,1-4H3. The van der Waals surface area contributed by atoms with E-state index in [0.717, 1.165) is 32.1 Å². The number of nitrogens with one attached hydrogen (secondary N) is 1. The van der Waals surface area contributed by atoms with Crippen LogP contribution in [0, 0.1) is 0 Å². The van der Waals surface area contributed by atoms with Gasteiger partial charge in [-0.2, -0.15) is 0 Å². The average Bonchev–Trinajstić information content (AvgIpc) is 2.37. The van der Waals surface area contributed by atoms with Crippen LogP contribution < -0.4 is 10.2 Å². The van der Waals surface area contributed by atoms with Gasteiger partial charge < -0.3 is 15.0 Å². The quantitative estimate of drug-likeness (QED) is 0.907. The molecule has 106 valence electrons. The van der Waals surface area contributed by atoms with E-state index in [1.807, 2.05) is 12.3 Å². The van der Waals surface area contributed by atoms with E-state index in [1.54, 1.807) is 0 Å². The molecule has 4 heteroatoms. The van der Waals surface area contributed by atoms with Gasteiger partial charge in [0.2, 0.25) is 0 Å². The van der Waals surface area contributed by atoms with Crippen molar-refractivity contribution in [2.45, 2.75) is 45.8 Å². The van der Waals surface area contributed by atoms with Crippen LogP contribution in [-0.2, 0) is 11.3 Å². The third kappa shape index (κ3) is 3.91. The van der Waals surface area contributed by atoms with E-state index in [9.17, 15) is 0 Å². The molecule has 2 rings (SSSR count). The Morgan fingerprint density at radius 1 is 1.47 bits per heavy atom. The van der Waals surface area contributed by atoms with Crippen LogP contribution in [0.25, 0.3) is 0 Å². The Bertz CT molecular complexity index is 414. The number of pyridine rings is 1. The minimum atomic E-state index is 0.115. The number of aromatic nitrogens is 1. The number of morpholine rings is 1. The summed E-state index contributed by atoms with van der Waals surface area (Å²) in [6, 6.07) is 4.55. The summed E-state index contributed by atoms with van der Waals surface area (Å²) in [7, 11) is 0. The fourth-order valence-electron chi connectivity index (χ4n) is 2.23. The number of hydrogen-bond donors (Lipinski definition) is 1. The van der Waals surface area contributed by atoms with Crippen LogP contribution in [0.5, 0.6) is 0 Å². The molecule has 0 aromatic carbocycles. The topological polar surface area (TPSA) is 37.4 Å². The molecule has 2 heterocycles. The Morgan fingerprint density at radius 3 is 2.95 bits per heavy atom. The van der Waals surface area contributed by atoms with Gasteiger partial charge in [0.15, 0.2) is 0 Å². The minimum absolute atomic E-state index is 0.115. The molecule has 0 bridgehead atoms. The fraction of sp³-hybridized carbons (Fsp3) is 0.667. The van der Waals surface area contributed by atoms with Crippen molar-refractivity contribution in [2.24, 2.45) is 0 Å². The van der Waals surface area contributed by atoms with Crippen LogP contribution in [0.3, 0.4) is 0 Å². The van der Waals surface area contributed by atoms with Crippen molar-refractivity contribution in [3.63, 3.8) is 0 Å². The third-order valence-corrected chi connectivity index (χ3v) is 3.32. The van der Waals surface area contributed by atoms with Crippen molar-refractivity contribution >= 4 is 5.82 Å². The van der Waals surface area contributed by atoms with Crippen molar-refractivity contribution in [3.05, 3.63) is 23.9 Å². The summed E-state index contributed by atoms with van der Waals surface area (Å²) in [6.07, 6.45) is 1.87. The normalized spacial score (nSPS) is 20.6. The SMILES string of the molecule is CC1COCCN1c1ncccc1CNC(C)(C)C. The molecule has 1 saturated heterocycles. The molecule has 1 atom stereocenters. The molecule has 4 nitrogen and oxygen atoms in total. The Morgan fingerprint density at radius 2 is 2.26 bits per heavy atom. The molecule has 1 aliphatic rings. The summed E-state index contributed by atoms with van der Waals surface area (Å²) in [5, 5.41) is 3.53. The molecular formula is C15H25N3O. The predicted molar refractivity (Wildman–Crippen MR) is 78.5 cm³/mol. The Kier molecular flexibility index (Phi) is 4.42. The summed E-state index contributed by atoms with van der Waals surface area (Å²) in [5.74, 6) is 1.09. The maximum absolute atomic E-state index is 5.50. The van der Waals surface area contributed by atoms with E-state index in [2.05, 4.69) is 49.0 Å². The van der Waals surface area contributed by atoms with Gasteiger partial charge in [-0.1, -0.05) is 6.07 Å². The second-order valence-corrected chi connectivity index (χ2v) is 6.21. The van der Waals surface area contributed by atoms with Gasteiger partial charge in [-0.05, 0) is 33.8 Å². The lowest BCUT2D eigenvalue weighted by atomic mass is 10.1. The van der Waals surface area contributed by atoms with Crippen molar-refractivity contribution < 1.29 is 4.74 Å². The molecular weight excluding hydrogens is 238 g/mol. The van der Waals surface area contributed by atoms with Gasteiger partial charge >= 0.3 is 0 Å². The molecule has 1 fully saturated rings. The van der Waals surface area contributed by atoms with E-state index in [4.69, 9.17) is 4.74 Å². The van der Waals surface area contributed by atoms with Crippen LogP contribution in [0.4, 0.5) is 5.82 Å².